The maximum Gasteiger partial charge on any atom is 0.289 e. The second kappa shape index (κ2) is 11.1. The van der Waals surface area contributed by atoms with E-state index >= 15 is 0 Å². The number of para-hydroxylation sites is 2. The number of nitrogens with one attached hydrogen (secondary N) is 2. The van der Waals surface area contributed by atoms with Gasteiger partial charge < -0.3 is 19.5 Å². The molecule has 0 aliphatic heterocycles. The topological polar surface area (TPSA) is 111 Å². The summed E-state index contributed by atoms with van der Waals surface area (Å²) in [5.74, 6) is 0.582. The van der Waals surface area contributed by atoms with Crippen molar-refractivity contribution < 1.29 is 23.8 Å². The normalized spacial score (nSPS) is 10.4. The van der Waals surface area contributed by atoms with Crippen molar-refractivity contribution in [2.75, 3.05) is 26.1 Å². The molecule has 3 rings (SSSR count). The zero-order valence-electron chi connectivity index (χ0n) is 17.6. The third-order valence-corrected chi connectivity index (χ3v) is 4.20. The lowest BCUT2D eigenvalue weighted by Gasteiger charge is -2.12. The highest BCUT2D eigenvalue weighted by Crippen LogP contribution is 2.28. The molecule has 0 spiro atoms. The van der Waals surface area contributed by atoms with Crippen LogP contribution in [0.2, 0.25) is 0 Å². The van der Waals surface area contributed by atoms with E-state index in [2.05, 4.69) is 20.8 Å². The number of anilines is 1. The number of hydrazone groups is 1. The average Bonchev–Trinajstić information content (AvgIpc) is 2.83. The van der Waals surface area contributed by atoms with Crippen LogP contribution in [-0.2, 0) is 4.79 Å². The van der Waals surface area contributed by atoms with Crippen molar-refractivity contribution in [3.8, 4) is 17.2 Å². The summed E-state index contributed by atoms with van der Waals surface area (Å²) in [6, 6.07) is 17.1. The smallest absolute Gasteiger partial charge is 0.289 e. The number of nitrogens with zero attached hydrogens (tertiary/aromatic N) is 2. The highest BCUT2D eigenvalue weighted by molar-refractivity contribution is 5.94. The van der Waals surface area contributed by atoms with Crippen LogP contribution in [0, 0.1) is 0 Å². The van der Waals surface area contributed by atoms with Gasteiger partial charge in [-0.05, 0) is 48.0 Å². The van der Waals surface area contributed by atoms with Gasteiger partial charge >= 0.3 is 0 Å². The first kappa shape index (κ1) is 22.3. The molecule has 1 aromatic heterocycles. The number of amides is 2. The van der Waals surface area contributed by atoms with Crippen LogP contribution in [0.4, 0.5) is 5.69 Å². The molecule has 2 N–H and O–H groups in total. The van der Waals surface area contributed by atoms with E-state index in [1.165, 1.54) is 26.6 Å². The quantitative estimate of drug-likeness (QED) is 0.396. The maximum absolute atomic E-state index is 12.2. The molecule has 2 amide bonds. The first-order chi connectivity index (χ1) is 15.6. The number of hydrogen-bond donors (Lipinski definition) is 2. The predicted molar refractivity (Wildman–Crippen MR) is 119 cm³/mol. The van der Waals surface area contributed by atoms with Crippen molar-refractivity contribution >= 4 is 23.7 Å². The van der Waals surface area contributed by atoms with Crippen LogP contribution >= 0.6 is 0 Å². The number of carbonyl (C=O) groups excluding carboxylic acids is 2. The van der Waals surface area contributed by atoms with E-state index in [-0.39, 0.29) is 18.2 Å². The van der Waals surface area contributed by atoms with Gasteiger partial charge in [-0.15, -0.1) is 0 Å². The highest BCUT2D eigenvalue weighted by atomic mass is 16.5. The van der Waals surface area contributed by atoms with Crippen molar-refractivity contribution in [1.82, 2.24) is 10.4 Å². The van der Waals surface area contributed by atoms with Crippen molar-refractivity contribution in [3.63, 3.8) is 0 Å². The summed E-state index contributed by atoms with van der Waals surface area (Å²) in [4.78, 5) is 28.2. The molecular weight excluding hydrogens is 412 g/mol. The summed E-state index contributed by atoms with van der Waals surface area (Å²) in [6.45, 7) is -0.220. The van der Waals surface area contributed by atoms with Crippen molar-refractivity contribution in [2.24, 2.45) is 5.10 Å². The molecule has 0 fully saturated rings. The second-order valence-electron chi connectivity index (χ2n) is 6.36. The van der Waals surface area contributed by atoms with Gasteiger partial charge in [0.05, 0.1) is 26.1 Å². The molecule has 9 heteroatoms. The molecule has 164 valence electrons. The summed E-state index contributed by atoms with van der Waals surface area (Å²) >= 11 is 0. The molecule has 32 heavy (non-hydrogen) atoms. The molecule has 2 aromatic carbocycles. The van der Waals surface area contributed by atoms with Crippen LogP contribution in [0.3, 0.4) is 0 Å². The number of ether oxygens (including phenoxy) is 3. The van der Waals surface area contributed by atoms with E-state index in [9.17, 15) is 9.59 Å². The Morgan fingerprint density at radius 2 is 1.75 bits per heavy atom. The molecule has 0 aliphatic carbocycles. The molecule has 0 radical (unpaired) electrons. The molecule has 0 aliphatic rings. The van der Waals surface area contributed by atoms with E-state index in [4.69, 9.17) is 14.2 Å². The van der Waals surface area contributed by atoms with Gasteiger partial charge in [0.25, 0.3) is 11.8 Å². The standard InChI is InChI=1S/C23H22N4O5/c1-30-19-9-4-3-7-17(19)26-22(28)15-32-20-11-10-16(13-21(20)31-2)14-25-27-23(29)18-8-5-6-12-24-18/h3-14H,15H2,1-2H3,(H,26,28)(H,27,29)/b25-14-. The zero-order chi connectivity index (χ0) is 22.8. The Morgan fingerprint density at radius 1 is 0.969 bits per heavy atom. The molecule has 0 atom stereocenters. The van der Waals surface area contributed by atoms with Gasteiger partial charge in [-0.3, -0.25) is 14.6 Å². The summed E-state index contributed by atoms with van der Waals surface area (Å²) in [5.41, 5.74) is 3.88. The second-order valence-corrected chi connectivity index (χ2v) is 6.36. The molecule has 0 unspecified atom stereocenters. The Hall–Kier alpha value is -4.40. The van der Waals surface area contributed by atoms with Crippen LogP contribution in [0.5, 0.6) is 17.2 Å². The lowest BCUT2D eigenvalue weighted by atomic mass is 10.2. The molecule has 0 saturated heterocycles. The third-order valence-electron chi connectivity index (χ3n) is 4.20. The number of methoxy groups -OCH3 is 2. The summed E-state index contributed by atoms with van der Waals surface area (Å²) in [7, 11) is 3.02. The van der Waals surface area contributed by atoms with Gasteiger partial charge in [-0.2, -0.15) is 5.10 Å². The SMILES string of the molecule is COc1ccccc1NC(=O)COc1ccc(/C=N\NC(=O)c2ccccn2)cc1OC. The van der Waals surface area contributed by atoms with Gasteiger partial charge in [0.15, 0.2) is 18.1 Å². The lowest BCUT2D eigenvalue weighted by Crippen LogP contribution is -2.20. The fraction of sp³-hybridized carbons (Fsp3) is 0.130. The number of benzene rings is 2. The lowest BCUT2D eigenvalue weighted by molar-refractivity contribution is -0.118. The van der Waals surface area contributed by atoms with Gasteiger partial charge in [-0.1, -0.05) is 18.2 Å². The Kier molecular flexibility index (Phi) is 7.74. The highest BCUT2D eigenvalue weighted by Gasteiger charge is 2.11. The van der Waals surface area contributed by atoms with E-state index in [0.717, 1.165) is 0 Å². The van der Waals surface area contributed by atoms with Crippen LogP contribution in [-0.4, -0.2) is 43.8 Å². The number of rotatable bonds is 9. The number of hydrogen-bond acceptors (Lipinski definition) is 7. The molecule has 1 heterocycles. The first-order valence-electron chi connectivity index (χ1n) is 9.59. The number of carbonyl (C=O) groups is 2. The Bertz CT molecular complexity index is 1100. The van der Waals surface area contributed by atoms with Crippen LogP contribution in [0.1, 0.15) is 16.1 Å². The minimum atomic E-state index is -0.421. The summed E-state index contributed by atoms with van der Waals surface area (Å²) in [6.07, 6.45) is 2.99. The number of pyridine rings is 1. The van der Waals surface area contributed by atoms with Crippen molar-refractivity contribution in [2.45, 2.75) is 0 Å². The van der Waals surface area contributed by atoms with Gasteiger partial charge in [0.2, 0.25) is 0 Å². The Labute approximate surface area is 185 Å². The van der Waals surface area contributed by atoms with E-state index in [1.54, 1.807) is 54.6 Å². The van der Waals surface area contributed by atoms with Crippen LogP contribution in [0.25, 0.3) is 0 Å². The monoisotopic (exact) mass is 434 g/mol. The predicted octanol–water partition coefficient (Wildman–Crippen LogP) is 2.88. The van der Waals surface area contributed by atoms with Crippen LogP contribution in [0.15, 0.2) is 72.0 Å². The largest absolute Gasteiger partial charge is 0.495 e. The first-order valence-corrected chi connectivity index (χ1v) is 9.59. The zero-order valence-corrected chi connectivity index (χ0v) is 17.6. The fourth-order valence-electron chi connectivity index (χ4n) is 2.68. The van der Waals surface area contributed by atoms with E-state index < -0.39 is 5.91 Å². The Balaban J connectivity index is 1.57. The summed E-state index contributed by atoms with van der Waals surface area (Å²) < 4.78 is 16.1. The molecule has 0 saturated carbocycles. The fourth-order valence-corrected chi connectivity index (χ4v) is 2.68. The maximum atomic E-state index is 12.2. The minimum absolute atomic E-state index is 0.220. The van der Waals surface area contributed by atoms with E-state index in [1.807, 2.05) is 6.07 Å². The third kappa shape index (κ3) is 6.05. The minimum Gasteiger partial charge on any atom is -0.495 e. The molecule has 9 nitrogen and oxygen atoms in total. The van der Waals surface area contributed by atoms with Crippen molar-refractivity contribution in [1.29, 1.82) is 0 Å². The van der Waals surface area contributed by atoms with Gasteiger partial charge in [0.1, 0.15) is 11.4 Å². The molecule has 3 aromatic rings. The average molecular weight is 434 g/mol. The van der Waals surface area contributed by atoms with E-state index in [0.29, 0.717) is 28.5 Å². The number of aromatic nitrogens is 1. The Morgan fingerprint density at radius 3 is 2.50 bits per heavy atom. The van der Waals surface area contributed by atoms with Gasteiger partial charge in [0, 0.05) is 6.20 Å². The van der Waals surface area contributed by atoms with Crippen LogP contribution < -0.4 is 25.0 Å². The molecular formula is C23H22N4O5. The van der Waals surface area contributed by atoms with Gasteiger partial charge in [-0.25, -0.2) is 5.43 Å². The van der Waals surface area contributed by atoms with Crippen molar-refractivity contribution in [3.05, 3.63) is 78.1 Å². The summed E-state index contributed by atoms with van der Waals surface area (Å²) in [5, 5.41) is 6.66. The molecule has 0 bridgehead atoms.